The molecule has 25 heavy (non-hydrogen) atoms. The van der Waals surface area contributed by atoms with Gasteiger partial charge < -0.3 is 15.2 Å². The van der Waals surface area contributed by atoms with Gasteiger partial charge in [0.15, 0.2) is 0 Å². The quantitative estimate of drug-likeness (QED) is 0.873. The number of nitrogens with two attached hydrogens (primary N) is 1. The van der Waals surface area contributed by atoms with E-state index in [-0.39, 0.29) is 23.7 Å². The average Bonchev–Trinajstić information content (AvgIpc) is 3.08. The van der Waals surface area contributed by atoms with Crippen molar-refractivity contribution in [3.8, 4) is 5.69 Å². The third-order valence-corrected chi connectivity index (χ3v) is 5.30. The third kappa shape index (κ3) is 3.71. The van der Waals surface area contributed by atoms with Gasteiger partial charge in [0.05, 0.1) is 5.56 Å². The topological polar surface area (TPSA) is 51.3 Å². The molecule has 0 spiro atoms. The zero-order valence-electron chi connectivity index (χ0n) is 14.9. The van der Waals surface area contributed by atoms with E-state index in [2.05, 4.69) is 11.5 Å². The SMILES string of the molecule is Cc1cc(C(=O)N2CCC(C)(CN)C2)c(C)n1-c1cccc(Cl)c1.Cl. The highest BCUT2D eigenvalue weighted by Crippen LogP contribution is 2.31. The molecule has 1 aromatic carbocycles. The molecular formula is C19H25Cl2N3O. The van der Waals surface area contributed by atoms with Crippen LogP contribution in [0, 0.1) is 19.3 Å². The van der Waals surface area contributed by atoms with E-state index in [0.717, 1.165) is 42.1 Å². The minimum atomic E-state index is 0. The van der Waals surface area contributed by atoms with Crippen molar-refractivity contribution in [3.05, 3.63) is 52.3 Å². The Balaban J connectivity index is 0.00000225. The van der Waals surface area contributed by atoms with Gasteiger partial charge in [0.1, 0.15) is 0 Å². The number of rotatable bonds is 3. The number of carbonyl (C=O) groups excluding carboxylic acids is 1. The zero-order valence-corrected chi connectivity index (χ0v) is 16.5. The monoisotopic (exact) mass is 381 g/mol. The molecule has 6 heteroatoms. The van der Waals surface area contributed by atoms with Crippen molar-refractivity contribution in [3.63, 3.8) is 0 Å². The molecule has 1 atom stereocenters. The number of aryl methyl sites for hydroxylation is 1. The van der Waals surface area contributed by atoms with Crippen molar-refractivity contribution in [2.75, 3.05) is 19.6 Å². The van der Waals surface area contributed by atoms with Crippen LogP contribution in [-0.2, 0) is 0 Å². The third-order valence-electron chi connectivity index (χ3n) is 5.07. The van der Waals surface area contributed by atoms with E-state index in [9.17, 15) is 4.79 Å². The summed E-state index contributed by atoms with van der Waals surface area (Å²) >= 11 is 6.12. The van der Waals surface area contributed by atoms with E-state index in [1.54, 1.807) is 0 Å². The highest BCUT2D eigenvalue weighted by molar-refractivity contribution is 6.30. The highest BCUT2D eigenvalue weighted by atomic mass is 35.5. The predicted molar refractivity (Wildman–Crippen MR) is 105 cm³/mol. The lowest BCUT2D eigenvalue weighted by atomic mass is 9.90. The number of carbonyl (C=O) groups is 1. The molecular weight excluding hydrogens is 357 g/mol. The standard InChI is InChI=1S/C19H24ClN3O.ClH/c1-13-9-17(18(24)22-8-7-19(3,11-21)12-22)14(2)23(13)16-6-4-5-15(20)10-16;/h4-6,9-10H,7-8,11-12,21H2,1-3H3;1H. The molecule has 136 valence electrons. The van der Waals surface area contributed by atoms with Gasteiger partial charge in [-0.05, 0) is 56.5 Å². The van der Waals surface area contributed by atoms with Gasteiger partial charge in [-0.3, -0.25) is 4.79 Å². The Morgan fingerprint density at radius 2 is 2.04 bits per heavy atom. The fraction of sp³-hybridized carbons (Fsp3) is 0.421. The Labute approximate surface area is 160 Å². The van der Waals surface area contributed by atoms with E-state index in [4.69, 9.17) is 17.3 Å². The maximum Gasteiger partial charge on any atom is 0.255 e. The normalized spacial score (nSPS) is 19.8. The largest absolute Gasteiger partial charge is 0.338 e. The molecule has 2 aromatic rings. The summed E-state index contributed by atoms with van der Waals surface area (Å²) in [4.78, 5) is 14.9. The predicted octanol–water partition coefficient (Wildman–Crippen LogP) is 3.98. The van der Waals surface area contributed by atoms with Crippen LogP contribution >= 0.6 is 24.0 Å². The van der Waals surface area contributed by atoms with E-state index in [1.807, 2.05) is 49.1 Å². The molecule has 0 saturated carbocycles. The molecule has 1 aromatic heterocycles. The second kappa shape index (κ2) is 7.40. The van der Waals surface area contributed by atoms with Gasteiger partial charge in [-0.25, -0.2) is 0 Å². The first-order chi connectivity index (χ1) is 11.3. The number of likely N-dealkylation sites (tertiary alicyclic amines) is 1. The summed E-state index contributed by atoms with van der Waals surface area (Å²) in [6.45, 7) is 8.25. The fourth-order valence-corrected chi connectivity index (χ4v) is 3.71. The number of hydrogen-bond donors (Lipinski definition) is 1. The van der Waals surface area contributed by atoms with Crippen molar-refractivity contribution in [1.82, 2.24) is 9.47 Å². The molecule has 1 aliphatic heterocycles. The van der Waals surface area contributed by atoms with Crippen molar-refractivity contribution in [1.29, 1.82) is 0 Å². The van der Waals surface area contributed by atoms with Crippen LogP contribution in [0.15, 0.2) is 30.3 Å². The minimum absolute atomic E-state index is 0. The second-order valence-corrected chi connectivity index (χ2v) is 7.53. The zero-order chi connectivity index (χ0) is 17.5. The number of hydrogen-bond acceptors (Lipinski definition) is 2. The lowest BCUT2D eigenvalue weighted by Crippen LogP contribution is -2.34. The highest BCUT2D eigenvalue weighted by Gasteiger charge is 2.36. The molecule has 3 rings (SSSR count). The summed E-state index contributed by atoms with van der Waals surface area (Å²) < 4.78 is 2.08. The van der Waals surface area contributed by atoms with E-state index in [1.165, 1.54) is 0 Å². The summed E-state index contributed by atoms with van der Waals surface area (Å²) in [5.74, 6) is 0.0913. The fourth-order valence-electron chi connectivity index (χ4n) is 3.53. The van der Waals surface area contributed by atoms with Gasteiger partial charge in [0.2, 0.25) is 0 Å². The molecule has 1 aliphatic rings. The second-order valence-electron chi connectivity index (χ2n) is 7.09. The first kappa shape index (κ1) is 19.8. The molecule has 2 N–H and O–H groups in total. The van der Waals surface area contributed by atoms with Crippen LogP contribution in [0.1, 0.15) is 35.1 Å². The lowest BCUT2D eigenvalue weighted by Gasteiger charge is -2.22. The van der Waals surface area contributed by atoms with Crippen LogP contribution in [0.3, 0.4) is 0 Å². The number of aromatic nitrogens is 1. The molecule has 0 bridgehead atoms. The van der Waals surface area contributed by atoms with Gasteiger partial charge in [-0.15, -0.1) is 12.4 Å². The van der Waals surface area contributed by atoms with Crippen LogP contribution in [0.2, 0.25) is 5.02 Å². The van der Waals surface area contributed by atoms with Gasteiger partial charge in [0.25, 0.3) is 5.91 Å². The molecule has 2 heterocycles. The number of amides is 1. The van der Waals surface area contributed by atoms with Crippen molar-refractivity contribution in [2.24, 2.45) is 11.1 Å². The van der Waals surface area contributed by atoms with Crippen molar-refractivity contribution < 1.29 is 4.79 Å². The Bertz CT molecular complexity index is 787. The van der Waals surface area contributed by atoms with Crippen molar-refractivity contribution in [2.45, 2.75) is 27.2 Å². The molecule has 0 aliphatic carbocycles. The van der Waals surface area contributed by atoms with Crippen LogP contribution in [0.25, 0.3) is 5.69 Å². The molecule has 1 fully saturated rings. The van der Waals surface area contributed by atoms with Crippen LogP contribution in [0.4, 0.5) is 0 Å². The maximum absolute atomic E-state index is 13.0. The number of halogens is 2. The van der Waals surface area contributed by atoms with Gasteiger partial charge >= 0.3 is 0 Å². The first-order valence-corrected chi connectivity index (χ1v) is 8.67. The smallest absolute Gasteiger partial charge is 0.255 e. The molecule has 1 unspecified atom stereocenters. The summed E-state index contributed by atoms with van der Waals surface area (Å²) in [7, 11) is 0. The minimum Gasteiger partial charge on any atom is -0.338 e. The van der Waals surface area contributed by atoms with Gasteiger partial charge in [-0.2, -0.15) is 0 Å². The van der Waals surface area contributed by atoms with Gasteiger partial charge in [-0.1, -0.05) is 24.6 Å². The first-order valence-electron chi connectivity index (χ1n) is 8.29. The van der Waals surface area contributed by atoms with E-state index < -0.39 is 0 Å². The number of benzene rings is 1. The van der Waals surface area contributed by atoms with E-state index in [0.29, 0.717) is 11.6 Å². The Morgan fingerprint density at radius 1 is 1.32 bits per heavy atom. The van der Waals surface area contributed by atoms with Crippen LogP contribution < -0.4 is 5.73 Å². The average molecular weight is 382 g/mol. The summed E-state index contributed by atoms with van der Waals surface area (Å²) in [6.07, 6.45) is 0.961. The molecule has 1 saturated heterocycles. The Morgan fingerprint density at radius 3 is 2.64 bits per heavy atom. The van der Waals surface area contributed by atoms with E-state index >= 15 is 0 Å². The number of nitrogens with zero attached hydrogens (tertiary/aromatic N) is 2. The van der Waals surface area contributed by atoms with Crippen LogP contribution in [-0.4, -0.2) is 35.0 Å². The maximum atomic E-state index is 13.0. The summed E-state index contributed by atoms with van der Waals surface area (Å²) in [5.41, 5.74) is 9.61. The Hall–Kier alpha value is -1.49. The lowest BCUT2D eigenvalue weighted by molar-refractivity contribution is 0.0776. The molecule has 4 nitrogen and oxygen atoms in total. The van der Waals surface area contributed by atoms with Gasteiger partial charge in [0, 0.05) is 35.2 Å². The summed E-state index contributed by atoms with van der Waals surface area (Å²) in [6, 6.07) is 9.66. The molecule has 0 radical (unpaired) electrons. The summed E-state index contributed by atoms with van der Waals surface area (Å²) in [5, 5.41) is 0.686. The molecule has 1 amide bonds. The Kier molecular flexibility index (Phi) is 5.87. The van der Waals surface area contributed by atoms with Crippen molar-refractivity contribution >= 4 is 29.9 Å². The van der Waals surface area contributed by atoms with Crippen LogP contribution in [0.5, 0.6) is 0 Å².